The standard InChI is InChI=1S/C20H17ClN4O2S/c1-2-11-25-19(26)15-5-3-4-6-16(15)22-20(25)28-12-17-23-18(27-24-17)13-7-9-14(21)10-8-13/h3-10H,2,11-12H2,1H3. The Kier molecular flexibility index (Phi) is 5.45. The zero-order valence-electron chi connectivity index (χ0n) is 15.1. The number of hydrogen-bond acceptors (Lipinski definition) is 6. The van der Waals surface area contributed by atoms with Gasteiger partial charge in [-0.15, -0.1) is 0 Å². The van der Waals surface area contributed by atoms with Crippen LogP contribution in [-0.2, 0) is 12.3 Å². The molecular formula is C20H17ClN4O2S. The van der Waals surface area contributed by atoms with Crippen molar-refractivity contribution < 1.29 is 4.52 Å². The van der Waals surface area contributed by atoms with E-state index < -0.39 is 0 Å². The Morgan fingerprint density at radius 2 is 1.89 bits per heavy atom. The number of fused-ring (bicyclic) bond motifs is 1. The smallest absolute Gasteiger partial charge is 0.262 e. The Balaban J connectivity index is 1.59. The fourth-order valence-electron chi connectivity index (χ4n) is 2.83. The van der Waals surface area contributed by atoms with Crippen molar-refractivity contribution in [2.24, 2.45) is 0 Å². The van der Waals surface area contributed by atoms with Gasteiger partial charge in [-0.1, -0.05) is 47.6 Å². The van der Waals surface area contributed by atoms with Crippen LogP contribution in [0.1, 0.15) is 19.2 Å². The summed E-state index contributed by atoms with van der Waals surface area (Å²) in [6.45, 7) is 2.65. The molecule has 6 nitrogen and oxygen atoms in total. The molecule has 0 saturated heterocycles. The number of hydrogen-bond donors (Lipinski definition) is 0. The minimum absolute atomic E-state index is 0.0232. The molecule has 2 aromatic carbocycles. The molecule has 0 amide bonds. The van der Waals surface area contributed by atoms with Gasteiger partial charge < -0.3 is 4.52 Å². The Labute approximate surface area is 170 Å². The maximum atomic E-state index is 12.8. The van der Waals surface area contributed by atoms with Gasteiger partial charge in [0.15, 0.2) is 11.0 Å². The Hall–Kier alpha value is -2.64. The highest BCUT2D eigenvalue weighted by molar-refractivity contribution is 7.98. The van der Waals surface area contributed by atoms with Crippen LogP contribution in [0.25, 0.3) is 22.4 Å². The summed E-state index contributed by atoms with van der Waals surface area (Å²) in [6, 6.07) is 14.6. The van der Waals surface area contributed by atoms with Gasteiger partial charge in [0.2, 0.25) is 0 Å². The van der Waals surface area contributed by atoms with E-state index in [-0.39, 0.29) is 5.56 Å². The van der Waals surface area contributed by atoms with Crippen molar-refractivity contribution >= 4 is 34.3 Å². The summed E-state index contributed by atoms with van der Waals surface area (Å²) in [6.07, 6.45) is 0.844. The molecule has 142 valence electrons. The summed E-state index contributed by atoms with van der Waals surface area (Å²) in [4.78, 5) is 21.9. The van der Waals surface area contributed by atoms with Crippen molar-refractivity contribution in [2.75, 3.05) is 0 Å². The lowest BCUT2D eigenvalue weighted by Crippen LogP contribution is -2.23. The number of rotatable bonds is 6. The second-order valence-electron chi connectivity index (χ2n) is 6.18. The van der Waals surface area contributed by atoms with Crippen LogP contribution in [0.4, 0.5) is 0 Å². The van der Waals surface area contributed by atoms with Gasteiger partial charge in [-0.3, -0.25) is 9.36 Å². The van der Waals surface area contributed by atoms with E-state index in [1.807, 2.05) is 43.3 Å². The molecule has 0 saturated carbocycles. The number of nitrogens with zero attached hydrogens (tertiary/aromatic N) is 4. The van der Waals surface area contributed by atoms with Crippen molar-refractivity contribution in [1.29, 1.82) is 0 Å². The van der Waals surface area contributed by atoms with E-state index in [4.69, 9.17) is 16.1 Å². The number of benzene rings is 2. The fraction of sp³-hybridized carbons (Fsp3) is 0.200. The van der Waals surface area contributed by atoms with Crippen LogP contribution in [0.2, 0.25) is 5.02 Å². The predicted octanol–water partition coefficient (Wildman–Crippen LogP) is 4.80. The molecule has 4 rings (SSSR count). The first kappa shape index (κ1) is 18.7. The van der Waals surface area contributed by atoms with Crippen LogP contribution >= 0.6 is 23.4 Å². The van der Waals surface area contributed by atoms with E-state index in [1.165, 1.54) is 11.8 Å². The summed E-state index contributed by atoms with van der Waals surface area (Å²) in [5, 5.41) is 5.97. The lowest BCUT2D eigenvalue weighted by atomic mass is 10.2. The van der Waals surface area contributed by atoms with Crippen molar-refractivity contribution in [3.05, 3.63) is 69.7 Å². The van der Waals surface area contributed by atoms with Crippen LogP contribution in [0, 0.1) is 0 Å². The molecule has 0 aliphatic carbocycles. The lowest BCUT2D eigenvalue weighted by Gasteiger charge is -2.11. The Morgan fingerprint density at radius 1 is 1.11 bits per heavy atom. The molecule has 0 aliphatic heterocycles. The molecule has 28 heavy (non-hydrogen) atoms. The molecule has 0 N–H and O–H groups in total. The van der Waals surface area contributed by atoms with Crippen LogP contribution in [0.5, 0.6) is 0 Å². The van der Waals surface area contributed by atoms with Gasteiger partial charge in [-0.25, -0.2) is 4.98 Å². The maximum absolute atomic E-state index is 12.8. The topological polar surface area (TPSA) is 73.8 Å². The molecular weight excluding hydrogens is 396 g/mol. The van der Waals surface area contributed by atoms with Crippen molar-refractivity contribution in [1.82, 2.24) is 19.7 Å². The monoisotopic (exact) mass is 412 g/mol. The van der Waals surface area contributed by atoms with E-state index in [0.717, 1.165) is 12.0 Å². The van der Waals surface area contributed by atoms with Crippen molar-refractivity contribution in [3.8, 4) is 11.5 Å². The highest BCUT2D eigenvalue weighted by atomic mass is 35.5. The molecule has 0 unspecified atom stereocenters. The SMILES string of the molecule is CCCn1c(SCc2noc(-c3ccc(Cl)cc3)n2)nc2ccccc2c1=O. The van der Waals surface area contributed by atoms with E-state index in [0.29, 0.717) is 45.1 Å². The minimum atomic E-state index is -0.0232. The van der Waals surface area contributed by atoms with Gasteiger partial charge in [-0.05, 0) is 42.8 Å². The summed E-state index contributed by atoms with van der Waals surface area (Å²) >= 11 is 7.34. The van der Waals surface area contributed by atoms with E-state index in [1.54, 1.807) is 16.7 Å². The van der Waals surface area contributed by atoms with Gasteiger partial charge in [-0.2, -0.15) is 4.98 Å². The van der Waals surface area contributed by atoms with Gasteiger partial charge >= 0.3 is 0 Å². The second kappa shape index (κ2) is 8.16. The van der Waals surface area contributed by atoms with E-state index >= 15 is 0 Å². The zero-order valence-corrected chi connectivity index (χ0v) is 16.7. The first-order chi connectivity index (χ1) is 13.7. The highest BCUT2D eigenvalue weighted by Crippen LogP contribution is 2.24. The highest BCUT2D eigenvalue weighted by Gasteiger charge is 2.14. The molecule has 2 heterocycles. The summed E-state index contributed by atoms with van der Waals surface area (Å²) in [7, 11) is 0. The first-order valence-electron chi connectivity index (χ1n) is 8.86. The third-order valence-corrected chi connectivity index (χ3v) is 5.39. The van der Waals surface area contributed by atoms with Crippen LogP contribution in [-0.4, -0.2) is 19.7 Å². The van der Waals surface area contributed by atoms with E-state index in [9.17, 15) is 4.79 Å². The van der Waals surface area contributed by atoms with Crippen LogP contribution < -0.4 is 5.56 Å². The molecule has 0 atom stereocenters. The quantitative estimate of drug-likeness (QED) is 0.334. The third kappa shape index (κ3) is 3.81. The summed E-state index contributed by atoms with van der Waals surface area (Å²) in [5.74, 6) is 1.43. The molecule has 0 radical (unpaired) electrons. The van der Waals surface area contributed by atoms with Crippen molar-refractivity contribution in [2.45, 2.75) is 30.8 Å². The molecule has 8 heteroatoms. The number of aromatic nitrogens is 4. The summed E-state index contributed by atoms with van der Waals surface area (Å²) < 4.78 is 7.06. The number of thioether (sulfide) groups is 1. The Bertz CT molecular complexity index is 1170. The van der Waals surface area contributed by atoms with Crippen LogP contribution in [0.3, 0.4) is 0 Å². The van der Waals surface area contributed by atoms with E-state index in [2.05, 4.69) is 15.1 Å². The van der Waals surface area contributed by atoms with Gasteiger partial charge in [0.1, 0.15) is 0 Å². The van der Waals surface area contributed by atoms with Crippen molar-refractivity contribution in [3.63, 3.8) is 0 Å². The van der Waals surface area contributed by atoms with Crippen LogP contribution in [0.15, 0.2) is 63.0 Å². The normalized spacial score (nSPS) is 11.2. The molecule has 0 bridgehead atoms. The first-order valence-corrected chi connectivity index (χ1v) is 10.2. The second-order valence-corrected chi connectivity index (χ2v) is 7.56. The largest absolute Gasteiger partial charge is 0.334 e. The van der Waals surface area contributed by atoms with Gasteiger partial charge in [0, 0.05) is 17.1 Å². The lowest BCUT2D eigenvalue weighted by molar-refractivity contribution is 0.425. The summed E-state index contributed by atoms with van der Waals surface area (Å²) in [5.41, 5.74) is 1.47. The molecule has 4 aromatic rings. The number of para-hydroxylation sites is 1. The molecule has 0 aliphatic rings. The molecule has 0 fully saturated rings. The zero-order chi connectivity index (χ0) is 19.5. The maximum Gasteiger partial charge on any atom is 0.262 e. The third-order valence-electron chi connectivity index (χ3n) is 4.16. The fourth-order valence-corrected chi connectivity index (χ4v) is 3.82. The molecule has 2 aromatic heterocycles. The minimum Gasteiger partial charge on any atom is -0.334 e. The number of halogens is 1. The van der Waals surface area contributed by atoms with Gasteiger partial charge in [0.05, 0.1) is 16.7 Å². The average molecular weight is 413 g/mol. The average Bonchev–Trinajstić information content (AvgIpc) is 3.18. The predicted molar refractivity (Wildman–Crippen MR) is 111 cm³/mol. The van der Waals surface area contributed by atoms with Gasteiger partial charge in [0.25, 0.3) is 11.4 Å². The molecule has 0 spiro atoms. The Morgan fingerprint density at radius 3 is 2.68 bits per heavy atom.